The Morgan fingerprint density at radius 1 is 1.31 bits per heavy atom. The fourth-order valence-corrected chi connectivity index (χ4v) is 4.92. The van der Waals surface area contributed by atoms with Crippen LogP contribution in [0.25, 0.3) is 16.2 Å². The molecule has 5 nitrogen and oxygen atoms in total. The molecule has 0 aliphatic carbocycles. The second kappa shape index (κ2) is 7.79. The SMILES string of the molecule is Cc1c(C(C)N(C)C(=O)/C=C/c2cnc3c(c2)CCC(=O)N3)sc2ccccc12. The molecule has 0 radical (unpaired) electrons. The summed E-state index contributed by atoms with van der Waals surface area (Å²) in [4.78, 5) is 31.5. The molecule has 0 bridgehead atoms. The van der Waals surface area contributed by atoms with Crippen LogP contribution in [0.15, 0.2) is 42.6 Å². The fourth-order valence-electron chi connectivity index (χ4n) is 3.61. The molecule has 3 aromatic rings. The summed E-state index contributed by atoms with van der Waals surface area (Å²) in [5, 5.41) is 4.02. The van der Waals surface area contributed by atoms with E-state index in [4.69, 9.17) is 0 Å². The Kier molecular flexibility index (Phi) is 5.20. The van der Waals surface area contributed by atoms with Crippen LogP contribution in [-0.4, -0.2) is 28.7 Å². The molecule has 29 heavy (non-hydrogen) atoms. The highest BCUT2D eigenvalue weighted by Gasteiger charge is 2.21. The third-order valence-corrected chi connectivity index (χ3v) is 6.92. The largest absolute Gasteiger partial charge is 0.335 e. The van der Waals surface area contributed by atoms with Crippen LogP contribution >= 0.6 is 11.3 Å². The quantitative estimate of drug-likeness (QED) is 0.639. The van der Waals surface area contributed by atoms with Crippen molar-refractivity contribution in [2.45, 2.75) is 32.7 Å². The molecule has 2 aromatic heterocycles. The van der Waals surface area contributed by atoms with Gasteiger partial charge in [-0.1, -0.05) is 18.2 Å². The van der Waals surface area contributed by atoms with Gasteiger partial charge in [-0.25, -0.2) is 4.98 Å². The van der Waals surface area contributed by atoms with Crippen LogP contribution in [0.1, 0.15) is 41.0 Å². The molecular weight excluding hydrogens is 382 g/mol. The van der Waals surface area contributed by atoms with Gasteiger partial charge in [-0.15, -0.1) is 11.3 Å². The number of fused-ring (bicyclic) bond motifs is 2. The lowest BCUT2D eigenvalue weighted by Crippen LogP contribution is -2.27. The van der Waals surface area contributed by atoms with Gasteiger partial charge in [0.25, 0.3) is 0 Å². The van der Waals surface area contributed by atoms with E-state index in [2.05, 4.69) is 36.3 Å². The maximum absolute atomic E-state index is 12.8. The van der Waals surface area contributed by atoms with E-state index in [0.29, 0.717) is 18.7 Å². The van der Waals surface area contributed by atoms with Crippen LogP contribution in [-0.2, 0) is 16.0 Å². The average Bonchev–Trinajstić information content (AvgIpc) is 3.07. The fraction of sp³-hybridized carbons (Fsp3) is 0.261. The van der Waals surface area contributed by atoms with Gasteiger partial charge in [-0.05, 0) is 60.6 Å². The van der Waals surface area contributed by atoms with Crippen molar-refractivity contribution < 1.29 is 9.59 Å². The van der Waals surface area contributed by atoms with Crippen LogP contribution in [0.2, 0.25) is 0 Å². The van der Waals surface area contributed by atoms with Gasteiger partial charge in [0, 0.05) is 35.3 Å². The smallest absolute Gasteiger partial charge is 0.246 e. The summed E-state index contributed by atoms with van der Waals surface area (Å²) < 4.78 is 1.25. The van der Waals surface area contributed by atoms with E-state index in [-0.39, 0.29) is 17.9 Å². The molecule has 148 valence electrons. The number of thiophene rings is 1. The number of pyridine rings is 1. The van der Waals surface area contributed by atoms with E-state index in [1.165, 1.54) is 20.5 Å². The zero-order valence-corrected chi connectivity index (χ0v) is 17.5. The maximum atomic E-state index is 12.8. The van der Waals surface area contributed by atoms with E-state index < -0.39 is 0 Å². The first-order valence-corrected chi connectivity index (χ1v) is 10.5. The highest BCUT2D eigenvalue weighted by atomic mass is 32.1. The number of nitrogens with zero attached hydrogens (tertiary/aromatic N) is 2. The van der Waals surface area contributed by atoms with Crippen molar-refractivity contribution >= 4 is 45.1 Å². The maximum Gasteiger partial charge on any atom is 0.246 e. The minimum Gasteiger partial charge on any atom is -0.335 e. The van der Waals surface area contributed by atoms with Crippen molar-refractivity contribution in [3.05, 3.63) is 64.2 Å². The number of carbonyl (C=O) groups is 2. The van der Waals surface area contributed by atoms with Crippen LogP contribution in [0, 0.1) is 6.92 Å². The summed E-state index contributed by atoms with van der Waals surface area (Å²) >= 11 is 1.75. The van der Waals surface area contributed by atoms with Crippen molar-refractivity contribution in [1.29, 1.82) is 0 Å². The summed E-state index contributed by atoms with van der Waals surface area (Å²) in [5.41, 5.74) is 3.09. The molecule has 1 unspecified atom stereocenters. The molecule has 6 heteroatoms. The van der Waals surface area contributed by atoms with Crippen molar-refractivity contribution in [3.63, 3.8) is 0 Å². The van der Waals surface area contributed by atoms with Gasteiger partial charge < -0.3 is 10.2 Å². The predicted octanol–water partition coefficient (Wildman–Crippen LogP) is 4.72. The summed E-state index contributed by atoms with van der Waals surface area (Å²) in [6.45, 7) is 4.18. The Morgan fingerprint density at radius 3 is 2.90 bits per heavy atom. The molecule has 4 rings (SSSR count). The molecule has 1 N–H and O–H groups in total. The number of hydrogen-bond donors (Lipinski definition) is 1. The number of hydrogen-bond acceptors (Lipinski definition) is 4. The highest BCUT2D eigenvalue weighted by molar-refractivity contribution is 7.19. The van der Waals surface area contributed by atoms with Crippen molar-refractivity contribution in [3.8, 4) is 0 Å². The van der Waals surface area contributed by atoms with Crippen LogP contribution in [0.5, 0.6) is 0 Å². The number of aryl methyl sites for hydroxylation is 2. The highest BCUT2D eigenvalue weighted by Crippen LogP contribution is 2.36. The Bertz CT molecular complexity index is 1130. The first kappa shape index (κ1) is 19.3. The topological polar surface area (TPSA) is 62.3 Å². The lowest BCUT2D eigenvalue weighted by atomic mass is 10.0. The first-order valence-electron chi connectivity index (χ1n) is 9.65. The Hall–Kier alpha value is -2.99. The lowest BCUT2D eigenvalue weighted by molar-refractivity contribution is -0.126. The molecule has 0 saturated carbocycles. The summed E-state index contributed by atoms with van der Waals surface area (Å²) in [7, 11) is 1.84. The normalized spacial score (nSPS) is 14.7. The average molecular weight is 406 g/mol. The number of rotatable bonds is 4. The summed E-state index contributed by atoms with van der Waals surface area (Å²) in [5.74, 6) is 0.562. The summed E-state index contributed by atoms with van der Waals surface area (Å²) in [6.07, 6.45) is 6.19. The second-order valence-corrected chi connectivity index (χ2v) is 8.45. The molecule has 1 aliphatic rings. The molecule has 1 atom stereocenters. The molecular formula is C23H23N3O2S. The Labute approximate surface area is 174 Å². The van der Waals surface area contributed by atoms with Gasteiger partial charge >= 0.3 is 0 Å². The molecule has 0 spiro atoms. The first-order chi connectivity index (χ1) is 13.9. The zero-order chi connectivity index (χ0) is 20.5. The predicted molar refractivity (Wildman–Crippen MR) is 118 cm³/mol. The van der Waals surface area contributed by atoms with Gasteiger partial charge in [0.1, 0.15) is 5.82 Å². The van der Waals surface area contributed by atoms with E-state index >= 15 is 0 Å². The van der Waals surface area contributed by atoms with Gasteiger partial charge in [0.05, 0.1) is 6.04 Å². The minimum atomic E-state index is -0.0552. The molecule has 1 aliphatic heterocycles. The number of aromatic nitrogens is 1. The van der Waals surface area contributed by atoms with Gasteiger partial charge in [-0.3, -0.25) is 9.59 Å². The number of likely N-dealkylation sites (N-methyl/N-ethyl adjacent to an activating group) is 1. The molecule has 0 saturated heterocycles. The van der Waals surface area contributed by atoms with E-state index in [9.17, 15) is 9.59 Å². The molecule has 1 aromatic carbocycles. The number of amides is 2. The van der Waals surface area contributed by atoms with Crippen molar-refractivity contribution in [2.24, 2.45) is 0 Å². The van der Waals surface area contributed by atoms with Crippen LogP contribution in [0.3, 0.4) is 0 Å². The molecule has 2 amide bonds. The van der Waals surface area contributed by atoms with Crippen molar-refractivity contribution in [1.82, 2.24) is 9.88 Å². The third-order valence-electron chi connectivity index (χ3n) is 5.47. The van der Waals surface area contributed by atoms with E-state index in [0.717, 1.165) is 11.1 Å². The Balaban J connectivity index is 1.50. The third kappa shape index (κ3) is 3.80. The molecule has 3 heterocycles. The van der Waals surface area contributed by atoms with Gasteiger partial charge in [0.15, 0.2) is 0 Å². The lowest BCUT2D eigenvalue weighted by Gasteiger charge is -2.23. The molecule has 0 fully saturated rings. The second-order valence-electron chi connectivity index (χ2n) is 7.37. The number of nitrogens with one attached hydrogen (secondary N) is 1. The van der Waals surface area contributed by atoms with Crippen molar-refractivity contribution in [2.75, 3.05) is 12.4 Å². The number of anilines is 1. The van der Waals surface area contributed by atoms with Crippen LogP contribution < -0.4 is 5.32 Å². The summed E-state index contributed by atoms with van der Waals surface area (Å²) in [6, 6.07) is 10.3. The number of carbonyl (C=O) groups excluding carboxylic acids is 2. The number of benzene rings is 1. The van der Waals surface area contributed by atoms with Gasteiger partial charge in [-0.2, -0.15) is 0 Å². The van der Waals surface area contributed by atoms with E-state index in [1.54, 1.807) is 34.6 Å². The zero-order valence-electron chi connectivity index (χ0n) is 16.7. The monoisotopic (exact) mass is 405 g/mol. The van der Waals surface area contributed by atoms with E-state index in [1.807, 2.05) is 25.2 Å². The standard InChI is InChI=1S/C23H23N3O2S/c1-14-18-6-4-5-7-19(18)29-22(14)15(2)26(3)21(28)11-8-16-12-17-9-10-20(27)25-23(17)24-13-16/h4-8,11-13,15H,9-10H2,1-3H3,(H,24,25,27)/b11-8+. The van der Waals surface area contributed by atoms with Crippen LogP contribution in [0.4, 0.5) is 5.82 Å². The minimum absolute atomic E-state index is 0.00406. The Morgan fingerprint density at radius 2 is 2.10 bits per heavy atom. The van der Waals surface area contributed by atoms with Gasteiger partial charge in [0.2, 0.25) is 11.8 Å².